The third kappa shape index (κ3) is 6.22. The summed E-state index contributed by atoms with van der Waals surface area (Å²) in [5.41, 5.74) is 2.31. The molecule has 6 aromatic rings. The summed E-state index contributed by atoms with van der Waals surface area (Å²) in [6, 6.07) is 57.2. The van der Waals surface area contributed by atoms with E-state index in [-0.39, 0.29) is 0 Å². The molecule has 0 bridgehead atoms. The zero-order chi connectivity index (χ0) is 31.8. The number of aliphatic hydroxyl groups excluding tert-OH is 1. The van der Waals surface area contributed by atoms with Crippen LogP contribution in [0.15, 0.2) is 182 Å². The van der Waals surface area contributed by atoms with Crippen molar-refractivity contribution < 1.29 is 22.8 Å². The first-order valence-corrected chi connectivity index (χ1v) is 16.0. The number of aliphatic hydroxyl groups is 2. The Kier molecular flexibility index (Phi) is 9.64. The van der Waals surface area contributed by atoms with Gasteiger partial charge in [-0.05, 0) is 33.4 Å². The Bertz CT molecular complexity index is 1740. The second kappa shape index (κ2) is 14.2. The number of hydrogen-bond donors (Lipinski definition) is 2. The lowest BCUT2D eigenvalue weighted by molar-refractivity contribution is -0.0517. The molecule has 0 aromatic heterocycles. The van der Waals surface area contributed by atoms with Gasteiger partial charge in [0.05, 0.1) is 0 Å². The second-order valence-corrected chi connectivity index (χ2v) is 11.7. The van der Waals surface area contributed by atoms with Crippen molar-refractivity contribution in [3.05, 3.63) is 215 Å². The van der Waals surface area contributed by atoms with E-state index in [1.54, 1.807) is 0 Å². The van der Waals surface area contributed by atoms with Crippen molar-refractivity contribution in [2.75, 3.05) is 0 Å². The Hall–Kier alpha value is -4.69. The summed E-state index contributed by atoms with van der Waals surface area (Å²) in [6.45, 7) is 0. The van der Waals surface area contributed by atoms with Gasteiger partial charge in [0.15, 0.2) is 5.60 Å². The van der Waals surface area contributed by atoms with Gasteiger partial charge in [0.1, 0.15) is 17.8 Å². The van der Waals surface area contributed by atoms with Crippen LogP contribution in [0.3, 0.4) is 0 Å². The van der Waals surface area contributed by atoms with Crippen molar-refractivity contribution >= 4 is 11.4 Å². The fourth-order valence-corrected chi connectivity index (χ4v) is 6.85. The van der Waals surface area contributed by atoms with Crippen molar-refractivity contribution in [2.45, 2.75) is 23.4 Å². The van der Waals surface area contributed by atoms with Gasteiger partial charge in [-0.2, -0.15) is 4.21 Å². The van der Waals surface area contributed by atoms with E-state index in [0.29, 0.717) is 16.7 Å². The minimum absolute atomic E-state index is 0.496. The zero-order valence-electron chi connectivity index (χ0n) is 25.0. The van der Waals surface area contributed by atoms with E-state index in [9.17, 15) is 14.4 Å². The maximum atomic E-state index is 12.3. The lowest BCUT2D eigenvalue weighted by Gasteiger charge is -2.34. The van der Waals surface area contributed by atoms with Crippen molar-refractivity contribution in [2.24, 2.45) is 0 Å². The molecule has 0 spiro atoms. The summed E-state index contributed by atoms with van der Waals surface area (Å²) in [6.07, 6.45) is -1.55. The molecule has 1 heterocycles. The van der Waals surface area contributed by atoms with E-state index in [0.717, 1.165) is 16.7 Å². The Balaban J connectivity index is 0.000000162. The van der Waals surface area contributed by atoms with E-state index in [1.807, 2.05) is 182 Å². The summed E-state index contributed by atoms with van der Waals surface area (Å²) in [5, 5.41) is 22.3. The first kappa shape index (κ1) is 31.3. The van der Waals surface area contributed by atoms with E-state index in [4.69, 9.17) is 8.37 Å². The van der Waals surface area contributed by atoms with Crippen LogP contribution in [0.5, 0.6) is 0 Å². The fraction of sp³-hybridized carbons (Fsp3) is 0.100. The minimum atomic E-state index is -1.82. The number of rotatable bonds is 7. The monoisotopic (exact) mass is 626 g/mol. The van der Waals surface area contributed by atoms with Crippen LogP contribution in [-0.2, 0) is 30.9 Å². The molecular formula is C40H34O5S. The molecule has 6 heteroatoms. The average molecular weight is 627 g/mol. The highest BCUT2D eigenvalue weighted by molar-refractivity contribution is 7.75. The predicted molar refractivity (Wildman–Crippen MR) is 180 cm³/mol. The van der Waals surface area contributed by atoms with Crippen LogP contribution in [0.4, 0.5) is 0 Å². The Labute approximate surface area is 272 Å². The highest BCUT2D eigenvalue weighted by Crippen LogP contribution is 2.51. The molecule has 1 aliphatic rings. The molecule has 3 atom stereocenters. The van der Waals surface area contributed by atoms with Gasteiger partial charge >= 0.3 is 11.4 Å². The Morgan fingerprint density at radius 3 is 1.37 bits per heavy atom. The van der Waals surface area contributed by atoms with Crippen LogP contribution in [-0.4, -0.2) is 14.4 Å². The molecule has 46 heavy (non-hydrogen) atoms. The van der Waals surface area contributed by atoms with Crippen LogP contribution in [0, 0.1) is 0 Å². The molecule has 0 amide bonds. The molecule has 1 saturated heterocycles. The fourth-order valence-electron chi connectivity index (χ4n) is 5.92. The Morgan fingerprint density at radius 2 is 0.935 bits per heavy atom. The highest BCUT2D eigenvalue weighted by Gasteiger charge is 2.53. The van der Waals surface area contributed by atoms with Crippen molar-refractivity contribution in [1.29, 1.82) is 0 Å². The van der Waals surface area contributed by atoms with Crippen molar-refractivity contribution in [3.8, 4) is 0 Å². The van der Waals surface area contributed by atoms with Crippen LogP contribution in [0.1, 0.15) is 45.6 Å². The van der Waals surface area contributed by atoms with E-state index < -0.39 is 34.8 Å². The molecule has 7 rings (SSSR count). The smallest absolute Gasteiger partial charge is 0.306 e. The molecule has 230 valence electrons. The quantitative estimate of drug-likeness (QED) is 0.188. The van der Waals surface area contributed by atoms with Crippen LogP contribution >= 0.6 is 0 Å². The SMILES string of the molecule is O=S1O[C@H](c2ccccc2)C(c2ccccc2)(c2ccccc2)O1.O[C@H](c1ccccc1)C(O)(c1ccccc1)c1ccccc1. The maximum absolute atomic E-state index is 12.3. The van der Waals surface area contributed by atoms with Crippen LogP contribution in [0.2, 0.25) is 0 Å². The minimum Gasteiger partial charge on any atom is -0.385 e. The van der Waals surface area contributed by atoms with Gasteiger partial charge in [-0.3, -0.25) is 4.18 Å². The molecule has 5 nitrogen and oxygen atoms in total. The van der Waals surface area contributed by atoms with Crippen LogP contribution < -0.4 is 0 Å². The largest absolute Gasteiger partial charge is 0.385 e. The van der Waals surface area contributed by atoms with Gasteiger partial charge in [0, 0.05) is 0 Å². The summed E-state index contributed by atoms with van der Waals surface area (Å²) < 4.78 is 23.9. The summed E-state index contributed by atoms with van der Waals surface area (Å²) in [4.78, 5) is 0. The number of benzene rings is 6. The topological polar surface area (TPSA) is 76.0 Å². The van der Waals surface area contributed by atoms with Gasteiger partial charge in [-0.25, -0.2) is 4.18 Å². The summed E-state index contributed by atoms with van der Waals surface area (Å²) in [5.74, 6) is 0. The molecular weight excluding hydrogens is 593 g/mol. The molecule has 2 N–H and O–H groups in total. The van der Waals surface area contributed by atoms with E-state index in [2.05, 4.69) is 0 Å². The molecule has 6 aromatic carbocycles. The summed E-state index contributed by atoms with van der Waals surface area (Å²) in [7, 11) is 0. The van der Waals surface area contributed by atoms with Gasteiger partial charge in [0.2, 0.25) is 0 Å². The highest BCUT2D eigenvalue weighted by atomic mass is 32.2. The maximum Gasteiger partial charge on any atom is 0.306 e. The van der Waals surface area contributed by atoms with Crippen molar-refractivity contribution in [3.63, 3.8) is 0 Å². The van der Waals surface area contributed by atoms with E-state index >= 15 is 0 Å². The first-order valence-electron chi connectivity index (χ1n) is 15.0. The predicted octanol–water partition coefficient (Wildman–Crippen LogP) is 7.95. The van der Waals surface area contributed by atoms with Gasteiger partial charge < -0.3 is 10.2 Å². The molecule has 0 radical (unpaired) electrons. The molecule has 0 aliphatic carbocycles. The standard InChI is InChI=1S/C20H16O3S.C20H18O2/c21-24-22-19(16-10-4-1-5-11-16)20(23-24,17-12-6-2-7-13-17)18-14-8-3-9-15-18;21-19(16-10-4-1-5-11-16)20(22,17-12-6-2-7-13-17)18-14-8-3-9-15-18/h1-15,19H;1-15,19,21-22H/t19-,24?;19-/m11/s1. The van der Waals surface area contributed by atoms with Gasteiger partial charge in [-0.1, -0.05) is 182 Å². The third-order valence-electron chi connectivity index (χ3n) is 8.19. The van der Waals surface area contributed by atoms with E-state index in [1.165, 1.54) is 0 Å². The lowest BCUT2D eigenvalue weighted by Crippen LogP contribution is -2.35. The second-order valence-electron chi connectivity index (χ2n) is 11.0. The lowest BCUT2D eigenvalue weighted by atomic mass is 9.79. The molecule has 1 aliphatic heterocycles. The van der Waals surface area contributed by atoms with Gasteiger partial charge in [-0.15, -0.1) is 0 Å². The number of hydrogen-bond acceptors (Lipinski definition) is 5. The first-order chi connectivity index (χ1) is 22.5. The molecule has 1 unspecified atom stereocenters. The summed E-state index contributed by atoms with van der Waals surface area (Å²) >= 11 is -1.82. The average Bonchev–Trinajstić information content (AvgIpc) is 3.51. The zero-order valence-corrected chi connectivity index (χ0v) is 25.8. The third-order valence-corrected chi connectivity index (χ3v) is 8.94. The molecule has 0 saturated carbocycles. The van der Waals surface area contributed by atoms with Crippen molar-refractivity contribution in [1.82, 2.24) is 0 Å². The van der Waals surface area contributed by atoms with Gasteiger partial charge in [0.25, 0.3) is 0 Å². The Morgan fingerprint density at radius 1 is 0.565 bits per heavy atom. The normalized spacial score (nSPS) is 17.8. The van der Waals surface area contributed by atoms with Crippen LogP contribution in [0.25, 0.3) is 0 Å². The molecule has 1 fully saturated rings.